The molecule has 3 nitrogen and oxygen atoms in total. The molecule has 90 valence electrons. The van der Waals surface area contributed by atoms with Crippen molar-refractivity contribution in [3.63, 3.8) is 0 Å². The molecule has 1 aliphatic rings. The topological polar surface area (TPSA) is 27.7 Å². The highest BCUT2D eigenvalue weighted by molar-refractivity contribution is 4.72. The number of rotatable bonds is 7. The van der Waals surface area contributed by atoms with Gasteiger partial charge in [0.1, 0.15) is 6.79 Å². The van der Waals surface area contributed by atoms with E-state index >= 15 is 0 Å². The van der Waals surface area contributed by atoms with Crippen molar-refractivity contribution < 1.29 is 14.2 Å². The summed E-state index contributed by atoms with van der Waals surface area (Å²) in [4.78, 5) is 0. The molecule has 1 aliphatic carbocycles. The van der Waals surface area contributed by atoms with Gasteiger partial charge in [0.25, 0.3) is 0 Å². The van der Waals surface area contributed by atoms with Crippen LogP contribution in [0.1, 0.15) is 45.4 Å². The van der Waals surface area contributed by atoms with Crippen LogP contribution >= 0.6 is 0 Å². The summed E-state index contributed by atoms with van der Waals surface area (Å²) >= 11 is 0. The Balaban J connectivity index is 2.02. The molecule has 0 heterocycles. The van der Waals surface area contributed by atoms with Crippen molar-refractivity contribution in [1.29, 1.82) is 0 Å². The van der Waals surface area contributed by atoms with Crippen LogP contribution < -0.4 is 0 Å². The molecule has 1 fully saturated rings. The quantitative estimate of drug-likeness (QED) is 0.484. The zero-order valence-corrected chi connectivity index (χ0v) is 10.0. The summed E-state index contributed by atoms with van der Waals surface area (Å²) in [5.74, 6) is 0. The highest BCUT2D eigenvalue weighted by Gasteiger charge is 2.21. The maximum atomic E-state index is 5.79. The second-order valence-corrected chi connectivity index (χ2v) is 4.20. The fourth-order valence-corrected chi connectivity index (χ4v) is 1.92. The van der Waals surface area contributed by atoms with Gasteiger partial charge in [0.15, 0.2) is 0 Å². The third-order valence-corrected chi connectivity index (χ3v) is 2.89. The van der Waals surface area contributed by atoms with E-state index in [4.69, 9.17) is 14.2 Å². The second kappa shape index (κ2) is 8.08. The van der Waals surface area contributed by atoms with Gasteiger partial charge in [0.2, 0.25) is 0 Å². The van der Waals surface area contributed by atoms with Crippen molar-refractivity contribution in [2.24, 2.45) is 0 Å². The van der Waals surface area contributed by atoms with Gasteiger partial charge in [-0.2, -0.15) is 0 Å². The first-order chi connectivity index (χ1) is 7.36. The molecule has 1 rings (SSSR count). The molecule has 0 aromatic heterocycles. The highest BCUT2D eigenvalue weighted by Crippen LogP contribution is 2.23. The lowest BCUT2D eigenvalue weighted by atomic mass is 9.95. The maximum absolute atomic E-state index is 5.79. The summed E-state index contributed by atoms with van der Waals surface area (Å²) in [5.41, 5.74) is 0. The first-order valence-corrected chi connectivity index (χ1v) is 6.09. The summed E-state index contributed by atoms with van der Waals surface area (Å²) in [6.45, 7) is 3.54. The van der Waals surface area contributed by atoms with Crippen LogP contribution in [-0.2, 0) is 14.2 Å². The van der Waals surface area contributed by atoms with E-state index in [9.17, 15) is 0 Å². The molecule has 0 atom stereocenters. The highest BCUT2D eigenvalue weighted by atomic mass is 16.7. The van der Waals surface area contributed by atoms with Gasteiger partial charge >= 0.3 is 0 Å². The van der Waals surface area contributed by atoms with Crippen LogP contribution in [0.3, 0.4) is 0 Å². The molecule has 0 N–H and O–H groups in total. The Morgan fingerprint density at radius 3 is 2.13 bits per heavy atom. The number of ether oxygens (including phenoxy) is 3. The SMILES string of the molecule is CCCCOC1CCC(OCOC)CC1. The van der Waals surface area contributed by atoms with E-state index in [0.29, 0.717) is 19.0 Å². The summed E-state index contributed by atoms with van der Waals surface area (Å²) < 4.78 is 16.2. The Morgan fingerprint density at radius 1 is 1.00 bits per heavy atom. The Hall–Kier alpha value is -0.120. The summed E-state index contributed by atoms with van der Waals surface area (Å²) in [6, 6.07) is 0. The van der Waals surface area contributed by atoms with Crippen molar-refractivity contribution in [3.05, 3.63) is 0 Å². The van der Waals surface area contributed by atoms with Gasteiger partial charge in [0.05, 0.1) is 12.2 Å². The van der Waals surface area contributed by atoms with Crippen LogP contribution in [0, 0.1) is 0 Å². The fourth-order valence-electron chi connectivity index (χ4n) is 1.92. The molecule has 0 spiro atoms. The van der Waals surface area contributed by atoms with E-state index in [1.54, 1.807) is 7.11 Å². The smallest absolute Gasteiger partial charge is 0.146 e. The van der Waals surface area contributed by atoms with Crippen LogP contribution in [0.15, 0.2) is 0 Å². The second-order valence-electron chi connectivity index (χ2n) is 4.20. The van der Waals surface area contributed by atoms with Crippen molar-refractivity contribution in [1.82, 2.24) is 0 Å². The lowest BCUT2D eigenvalue weighted by molar-refractivity contribution is -0.0973. The molecule has 0 unspecified atom stereocenters. The lowest BCUT2D eigenvalue weighted by Crippen LogP contribution is -2.27. The minimum atomic E-state index is 0.385. The molecular weight excluding hydrogens is 192 g/mol. The van der Waals surface area contributed by atoms with Crippen LogP contribution in [0.25, 0.3) is 0 Å². The van der Waals surface area contributed by atoms with Crippen molar-refractivity contribution >= 4 is 0 Å². The molecule has 0 aromatic carbocycles. The van der Waals surface area contributed by atoms with E-state index in [2.05, 4.69) is 6.92 Å². The first-order valence-electron chi connectivity index (χ1n) is 6.09. The number of methoxy groups -OCH3 is 1. The molecule has 1 saturated carbocycles. The zero-order valence-electron chi connectivity index (χ0n) is 10.0. The summed E-state index contributed by atoms with van der Waals surface area (Å²) in [7, 11) is 1.67. The monoisotopic (exact) mass is 216 g/mol. The average Bonchev–Trinajstić information content (AvgIpc) is 2.28. The predicted molar refractivity (Wildman–Crippen MR) is 59.9 cm³/mol. The van der Waals surface area contributed by atoms with Gasteiger partial charge in [-0.3, -0.25) is 0 Å². The molecular formula is C12H24O3. The van der Waals surface area contributed by atoms with Gasteiger partial charge in [-0.1, -0.05) is 13.3 Å². The van der Waals surface area contributed by atoms with Crippen LogP contribution in [0.5, 0.6) is 0 Å². The van der Waals surface area contributed by atoms with Gasteiger partial charge < -0.3 is 14.2 Å². The van der Waals surface area contributed by atoms with Gasteiger partial charge in [-0.15, -0.1) is 0 Å². The van der Waals surface area contributed by atoms with Gasteiger partial charge in [-0.05, 0) is 32.1 Å². The summed E-state index contributed by atoms with van der Waals surface area (Å²) in [5, 5.41) is 0. The van der Waals surface area contributed by atoms with Crippen LogP contribution in [0.4, 0.5) is 0 Å². The minimum Gasteiger partial charge on any atom is -0.378 e. The Bertz CT molecular complexity index is 142. The standard InChI is InChI=1S/C12H24O3/c1-3-4-9-14-11-5-7-12(8-6-11)15-10-13-2/h11-12H,3-10H2,1-2H3. The van der Waals surface area contributed by atoms with Crippen molar-refractivity contribution in [2.75, 3.05) is 20.5 Å². The van der Waals surface area contributed by atoms with Gasteiger partial charge in [-0.25, -0.2) is 0 Å². The van der Waals surface area contributed by atoms with E-state index in [1.165, 1.54) is 12.8 Å². The fraction of sp³-hybridized carbons (Fsp3) is 1.00. The van der Waals surface area contributed by atoms with E-state index in [-0.39, 0.29) is 0 Å². The molecule has 0 saturated heterocycles. The minimum absolute atomic E-state index is 0.385. The van der Waals surface area contributed by atoms with Crippen LogP contribution in [0.2, 0.25) is 0 Å². The predicted octanol–water partition coefficient (Wildman–Crippen LogP) is 2.73. The van der Waals surface area contributed by atoms with Gasteiger partial charge in [0, 0.05) is 13.7 Å². The Kier molecular flexibility index (Phi) is 6.98. The molecule has 0 radical (unpaired) electrons. The van der Waals surface area contributed by atoms with E-state index in [0.717, 1.165) is 32.3 Å². The Labute approximate surface area is 93.1 Å². The molecule has 0 amide bonds. The molecule has 0 aromatic rings. The number of hydrogen-bond donors (Lipinski definition) is 0. The third-order valence-electron chi connectivity index (χ3n) is 2.89. The third kappa shape index (κ3) is 5.50. The number of unbranched alkanes of at least 4 members (excludes halogenated alkanes) is 1. The summed E-state index contributed by atoms with van der Waals surface area (Å²) in [6.07, 6.45) is 7.75. The first kappa shape index (κ1) is 12.9. The molecule has 3 heteroatoms. The number of hydrogen-bond acceptors (Lipinski definition) is 3. The lowest BCUT2D eigenvalue weighted by Gasteiger charge is -2.28. The Morgan fingerprint density at radius 2 is 1.60 bits per heavy atom. The average molecular weight is 216 g/mol. The van der Waals surface area contributed by atoms with Crippen molar-refractivity contribution in [3.8, 4) is 0 Å². The maximum Gasteiger partial charge on any atom is 0.146 e. The van der Waals surface area contributed by atoms with E-state index in [1.807, 2.05) is 0 Å². The van der Waals surface area contributed by atoms with E-state index < -0.39 is 0 Å². The molecule has 0 bridgehead atoms. The zero-order chi connectivity index (χ0) is 10.9. The van der Waals surface area contributed by atoms with Crippen molar-refractivity contribution in [2.45, 2.75) is 57.7 Å². The largest absolute Gasteiger partial charge is 0.378 e. The molecule has 0 aliphatic heterocycles. The molecule has 15 heavy (non-hydrogen) atoms. The normalized spacial score (nSPS) is 26.8. The van der Waals surface area contributed by atoms with Crippen LogP contribution in [-0.4, -0.2) is 32.7 Å².